The SMILES string of the molecule is COc1cc(CN2CC(=O)NC(CC(C)C)C2=O)ccn1. The van der Waals surface area contributed by atoms with Crippen molar-refractivity contribution in [3.05, 3.63) is 23.9 Å². The van der Waals surface area contributed by atoms with Gasteiger partial charge in [-0.25, -0.2) is 4.98 Å². The fourth-order valence-electron chi connectivity index (χ4n) is 2.42. The van der Waals surface area contributed by atoms with E-state index in [9.17, 15) is 9.59 Å². The molecule has 1 aliphatic heterocycles. The summed E-state index contributed by atoms with van der Waals surface area (Å²) in [6, 6.07) is 3.17. The summed E-state index contributed by atoms with van der Waals surface area (Å²) in [4.78, 5) is 29.8. The Morgan fingerprint density at radius 3 is 2.90 bits per heavy atom. The number of hydrogen-bond acceptors (Lipinski definition) is 4. The Balaban J connectivity index is 2.10. The molecule has 0 radical (unpaired) electrons. The van der Waals surface area contributed by atoms with Crippen LogP contribution in [-0.2, 0) is 16.1 Å². The normalized spacial score (nSPS) is 18.9. The summed E-state index contributed by atoms with van der Waals surface area (Å²) in [5.41, 5.74) is 0.896. The molecule has 1 N–H and O–H groups in total. The van der Waals surface area contributed by atoms with Crippen LogP contribution in [0, 0.1) is 5.92 Å². The molecule has 1 unspecified atom stereocenters. The number of pyridine rings is 1. The van der Waals surface area contributed by atoms with E-state index in [1.54, 1.807) is 24.3 Å². The van der Waals surface area contributed by atoms with Crippen LogP contribution in [-0.4, -0.2) is 41.4 Å². The molecule has 1 aliphatic rings. The minimum absolute atomic E-state index is 0.0286. The Hall–Kier alpha value is -2.11. The van der Waals surface area contributed by atoms with Gasteiger partial charge >= 0.3 is 0 Å². The van der Waals surface area contributed by atoms with Crippen molar-refractivity contribution >= 4 is 11.8 Å². The van der Waals surface area contributed by atoms with Crippen LogP contribution in [0.3, 0.4) is 0 Å². The number of amides is 2. The van der Waals surface area contributed by atoms with Gasteiger partial charge in [0, 0.05) is 18.8 Å². The quantitative estimate of drug-likeness (QED) is 0.877. The molecule has 6 nitrogen and oxygen atoms in total. The molecule has 0 saturated carbocycles. The van der Waals surface area contributed by atoms with Crippen LogP contribution in [0.2, 0.25) is 0 Å². The molecule has 0 spiro atoms. The highest BCUT2D eigenvalue weighted by molar-refractivity contribution is 5.94. The number of carbonyl (C=O) groups excluding carboxylic acids is 2. The summed E-state index contributed by atoms with van der Waals surface area (Å²) < 4.78 is 5.07. The smallest absolute Gasteiger partial charge is 0.245 e. The number of piperazine rings is 1. The van der Waals surface area contributed by atoms with Gasteiger partial charge in [-0.05, 0) is 24.0 Å². The highest BCUT2D eigenvalue weighted by Gasteiger charge is 2.32. The standard InChI is InChI=1S/C15H21N3O3/c1-10(2)6-12-15(20)18(9-13(19)17-12)8-11-4-5-16-14(7-11)21-3/h4-5,7,10,12H,6,8-9H2,1-3H3,(H,17,19). The predicted octanol–water partition coefficient (Wildman–Crippen LogP) is 0.963. The molecule has 1 aromatic rings. The Morgan fingerprint density at radius 2 is 2.24 bits per heavy atom. The third-order valence-corrected chi connectivity index (χ3v) is 3.37. The van der Waals surface area contributed by atoms with Gasteiger partial charge in [-0.3, -0.25) is 9.59 Å². The zero-order valence-electron chi connectivity index (χ0n) is 12.6. The predicted molar refractivity (Wildman–Crippen MR) is 77.6 cm³/mol. The van der Waals surface area contributed by atoms with E-state index in [1.165, 1.54) is 0 Å². The number of carbonyl (C=O) groups is 2. The van der Waals surface area contributed by atoms with E-state index in [0.29, 0.717) is 24.8 Å². The molecule has 1 atom stereocenters. The molecule has 1 fully saturated rings. The Bertz CT molecular complexity index is 531. The second kappa shape index (κ2) is 6.56. The van der Waals surface area contributed by atoms with E-state index in [-0.39, 0.29) is 18.4 Å². The fourth-order valence-corrected chi connectivity index (χ4v) is 2.42. The van der Waals surface area contributed by atoms with Crippen molar-refractivity contribution in [3.63, 3.8) is 0 Å². The maximum absolute atomic E-state index is 12.4. The van der Waals surface area contributed by atoms with Crippen LogP contribution in [0.4, 0.5) is 0 Å². The van der Waals surface area contributed by atoms with Crippen LogP contribution < -0.4 is 10.1 Å². The molecule has 0 bridgehead atoms. The van der Waals surface area contributed by atoms with Gasteiger partial charge in [-0.1, -0.05) is 13.8 Å². The van der Waals surface area contributed by atoms with Crippen molar-refractivity contribution in [1.29, 1.82) is 0 Å². The van der Waals surface area contributed by atoms with Crippen LogP contribution in [0.25, 0.3) is 0 Å². The van der Waals surface area contributed by atoms with Crippen molar-refractivity contribution in [2.75, 3.05) is 13.7 Å². The molecule has 0 aliphatic carbocycles. The van der Waals surface area contributed by atoms with Gasteiger partial charge in [0.15, 0.2) is 0 Å². The zero-order valence-corrected chi connectivity index (χ0v) is 12.6. The molecular weight excluding hydrogens is 270 g/mol. The molecule has 114 valence electrons. The first kappa shape index (κ1) is 15.3. The van der Waals surface area contributed by atoms with E-state index < -0.39 is 6.04 Å². The van der Waals surface area contributed by atoms with E-state index in [4.69, 9.17) is 4.74 Å². The van der Waals surface area contributed by atoms with Crippen molar-refractivity contribution < 1.29 is 14.3 Å². The summed E-state index contributed by atoms with van der Waals surface area (Å²) in [6.07, 6.45) is 2.29. The van der Waals surface area contributed by atoms with Gasteiger partial charge in [0.1, 0.15) is 6.04 Å². The van der Waals surface area contributed by atoms with Crippen LogP contribution >= 0.6 is 0 Å². The first-order valence-corrected chi connectivity index (χ1v) is 7.06. The lowest BCUT2D eigenvalue weighted by Crippen LogP contribution is -2.57. The van der Waals surface area contributed by atoms with Crippen molar-refractivity contribution in [2.24, 2.45) is 5.92 Å². The average molecular weight is 291 g/mol. The molecular formula is C15H21N3O3. The topological polar surface area (TPSA) is 71.5 Å². The summed E-state index contributed by atoms with van der Waals surface area (Å²) in [7, 11) is 1.55. The largest absolute Gasteiger partial charge is 0.481 e. The minimum atomic E-state index is -0.421. The Labute approximate surface area is 124 Å². The van der Waals surface area contributed by atoms with Crippen molar-refractivity contribution in [2.45, 2.75) is 32.9 Å². The van der Waals surface area contributed by atoms with E-state index >= 15 is 0 Å². The molecule has 2 amide bonds. The Kier molecular flexibility index (Phi) is 4.77. The lowest BCUT2D eigenvalue weighted by Gasteiger charge is -2.33. The van der Waals surface area contributed by atoms with Gasteiger partial charge < -0.3 is 15.0 Å². The van der Waals surface area contributed by atoms with Gasteiger partial charge in [-0.2, -0.15) is 0 Å². The van der Waals surface area contributed by atoms with Gasteiger partial charge in [-0.15, -0.1) is 0 Å². The number of methoxy groups -OCH3 is 1. The van der Waals surface area contributed by atoms with Crippen LogP contribution in [0.5, 0.6) is 5.88 Å². The molecule has 2 heterocycles. The third kappa shape index (κ3) is 3.93. The average Bonchev–Trinajstić information content (AvgIpc) is 2.43. The lowest BCUT2D eigenvalue weighted by molar-refractivity contribution is -0.145. The minimum Gasteiger partial charge on any atom is -0.481 e. The van der Waals surface area contributed by atoms with E-state index in [0.717, 1.165) is 5.56 Å². The second-order valence-electron chi connectivity index (χ2n) is 5.65. The molecule has 0 aromatic carbocycles. The molecule has 21 heavy (non-hydrogen) atoms. The van der Waals surface area contributed by atoms with Crippen LogP contribution in [0.1, 0.15) is 25.8 Å². The number of aromatic nitrogens is 1. The molecule has 6 heteroatoms. The van der Waals surface area contributed by atoms with Crippen LogP contribution in [0.15, 0.2) is 18.3 Å². The number of rotatable bonds is 5. The number of hydrogen-bond donors (Lipinski definition) is 1. The zero-order chi connectivity index (χ0) is 15.4. The monoisotopic (exact) mass is 291 g/mol. The van der Waals surface area contributed by atoms with Gasteiger partial charge in [0.2, 0.25) is 17.7 Å². The third-order valence-electron chi connectivity index (χ3n) is 3.37. The molecule has 2 rings (SSSR count). The van der Waals surface area contributed by atoms with Crippen molar-refractivity contribution in [3.8, 4) is 5.88 Å². The lowest BCUT2D eigenvalue weighted by atomic mass is 10.0. The number of ether oxygens (including phenoxy) is 1. The Morgan fingerprint density at radius 1 is 1.48 bits per heavy atom. The second-order valence-corrected chi connectivity index (χ2v) is 5.65. The number of nitrogens with zero attached hydrogens (tertiary/aromatic N) is 2. The first-order chi connectivity index (χ1) is 9.99. The highest BCUT2D eigenvalue weighted by Crippen LogP contribution is 2.16. The summed E-state index contributed by atoms with van der Waals surface area (Å²) in [5.74, 6) is 0.709. The van der Waals surface area contributed by atoms with Crippen molar-refractivity contribution in [1.82, 2.24) is 15.2 Å². The van der Waals surface area contributed by atoms with E-state index in [2.05, 4.69) is 10.3 Å². The maximum Gasteiger partial charge on any atom is 0.245 e. The van der Waals surface area contributed by atoms with E-state index in [1.807, 2.05) is 19.9 Å². The first-order valence-electron chi connectivity index (χ1n) is 7.06. The van der Waals surface area contributed by atoms with Gasteiger partial charge in [0.05, 0.1) is 13.7 Å². The maximum atomic E-state index is 12.4. The highest BCUT2D eigenvalue weighted by atomic mass is 16.5. The summed E-state index contributed by atoms with van der Waals surface area (Å²) in [6.45, 7) is 4.55. The molecule has 1 aromatic heterocycles. The molecule has 1 saturated heterocycles. The number of nitrogens with one attached hydrogen (secondary N) is 1. The summed E-state index contributed by atoms with van der Waals surface area (Å²) in [5, 5.41) is 2.77. The summed E-state index contributed by atoms with van der Waals surface area (Å²) >= 11 is 0. The fraction of sp³-hybridized carbons (Fsp3) is 0.533. The van der Waals surface area contributed by atoms with Gasteiger partial charge in [0.25, 0.3) is 0 Å².